The zero-order valence-electron chi connectivity index (χ0n) is 18.9. The lowest BCUT2D eigenvalue weighted by Gasteiger charge is -2.15. The van der Waals surface area contributed by atoms with Gasteiger partial charge in [0.2, 0.25) is 0 Å². The third-order valence-electron chi connectivity index (χ3n) is 5.44. The van der Waals surface area contributed by atoms with E-state index in [0.29, 0.717) is 40.0 Å². The molecule has 13 heteroatoms. The van der Waals surface area contributed by atoms with Crippen molar-refractivity contribution in [3.05, 3.63) is 84.1 Å². The Morgan fingerprint density at radius 1 is 1.00 bits per heavy atom. The minimum atomic E-state index is -4.96. The second-order valence-corrected chi connectivity index (χ2v) is 7.85. The molecule has 0 saturated heterocycles. The van der Waals surface area contributed by atoms with E-state index in [1.807, 2.05) is 6.92 Å². The maximum atomic E-state index is 14.4. The maximum Gasteiger partial charge on any atom is 0.419 e. The van der Waals surface area contributed by atoms with Gasteiger partial charge in [0.1, 0.15) is 23.4 Å². The molecule has 4 aromatic heterocycles. The van der Waals surface area contributed by atoms with Gasteiger partial charge in [0.05, 0.1) is 11.9 Å². The van der Waals surface area contributed by atoms with E-state index in [-0.39, 0.29) is 5.69 Å². The molecule has 0 fully saturated rings. The fraction of sp³-hybridized carbons (Fsp3) is 0.0833. The molecular weight excluding hydrogens is 492 g/mol. The molecule has 4 heterocycles. The molecule has 0 bridgehead atoms. The summed E-state index contributed by atoms with van der Waals surface area (Å²) in [7, 11) is 0. The summed E-state index contributed by atoms with van der Waals surface area (Å²) in [4.78, 5) is 36.1. The number of imidazole rings is 1. The Morgan fingerprint density at radius 2 is 1.84 bits per heavy atom. The average molecular weight is 508 g/mol. The predicted octanol–water partition coefficient (Wildman–Crippen LogP) is 5.27. The van der Waals surface area contributed by atoms with E-state index in [9.17, 15) is 22.4 Å². The number of hydrogen-bond acceptors (Lipinski definition) is 7. The molecule has 0 aliphatic rings. The summed E-state index contributed by atoms with van der Waals surface area (Å²) < 4.78 is 53.4. The van der Waals surface area contributed by atoms with Crippen LogP contribution in [-0.4, -0.2) is 35.8 Å². The molecule has 0 saturated carbocycles. The molecule has 5 aromatic rings. The fourth-order valence-corrected chi connectivity index (χ4v) is 3.64. The molecule has 0 spiro atoms. The molecule has 0 radical (unpaired) electrons. The number of nitrogens with zero attached hydrogens (tertiary/aromatic N) is 5. The molecule has 0 atom stereocenters. The summed E-state index contributed by atoms with van der Waals surface area (Å²) in [6, 6.07) is 8.77. The van der Waals surface area contributed by atoms with Crippen molar-refractivity contribution < 1.29 is 22.4 Å². The van der Waals surface area contributed by atoms with Gasteiger partial charge in [0.25, 0.3) is 5.91 Å². The van der Waals surface area contributed by atoms with Gasteiger partial charge in [-0.2, -0.15) is 13.2 Å². The summed E-state index contributed by atoms with van der Waals surface area (Å²) in [5.41, 5.74) is 1.27. The van der Waals surface area contributed by atoms with Crippen molar-refractivity contribution in [2.24, 2.45) is 0 Å². The number of rotatable bonds is 5. The van der Waals surface area contributed by atoms with E-state index in [1.54, 1.807) is 30.5 Å². The first-order valence-corrected chi connectivity index (χ1v) is 10.7. The lowest BCUT2D eigenvalue weighted by atomic mass is 10.1. The highest BCUT2D eigenvalue weighted by Gasteiger charge is 2.36. The number of amides is 1. The van der Waals surface area contributed by atoms with E-state index >= 15 is 0 Å². The molecule has 1 aromatic carbocycles. The average Bonchev–Trinajstić information content (AvgIpc) is 3.35. The van der Waals surface area contributed by atoms with Gasteiger partial charge in [-0.15, -0.1) is 0 Å². The lowest BCUT2D eigenvalue weighted by molar-refractivity contribution is -0.140. The van der Waals surface area contributed by atoms with Crippen molar-refractivity contribution in [2.45, 2.75) is 13.1 Å². The highest BCUT2D eigenvalue weighted by atomic mass is 19.4. The number of alkyl halides is 3. The number of aromatic nitrogens is 6. The number of H-pyrrole nitrogens is 1. The Balaban J connectivity index is 1.45. The number of anilines is 3. The normalized spacial score (nSPS) is 11.5. The summed E-state index contributed by atoms with van der Waals surface area (Å²) in [5.74, 6) is -2.43. The number of aromatic amines is 1. The summed E-state index contributed by atoms with van der Waals surface area (Å²) in [6.45, 7) is 1.81. The van der Waals surface area contributed by atoms with Gasteiger partial charge < -0.3 is 15.6 Å². The zero-order valence-corrected chi connectivity index (χ0v) is 18.9. The number of fused-ring (bicyclic) bond motifs is 1. The molecule has 3 N–H and O–H groups in total. The van der Waals surface area contributed by atoms with Gasteiger partial charge in [0.15, 0.2) is 17.2 Å². The molecule has 9 nitrogen and oxygen atoms in total. The van der Waals surface area contributed by atoms with Gasteiger partial charge in [0, 0.05) is 29.3 Å². The SMILES string of the molecule is Cc1ccc(NC(=O)c2nccc(C(F)(F)F)c2F)cc1Nc1ncccc1-c1ncnc2nc[nH]c12. The van der Waals surface area contributed by atoms with Crippen LogP contribution in [0.4, 0.5) is 34.8 Å². The van der Waals surface area contributed by atoms with Gasteiger partial charge in [-0.05, 0) is 42.8 Å². The molecule has 1 amide bonds. The first kappa shape index (κ1) is 23.8. The predicted molar refractivity (Wildman–Crippen MR) is 127 cm³/mol. The monoisotopic (exact) mass is 508 g/mol. The van der Waals surface area contributed by atoms with Crippen LogP contribution in [0.3, 0.4) is 0 Å². The smallest absolute Gasteiger partial charge is 0.341 e. The Kier molecular flexibility index (Phi) is 5.95. The van der Waals surface area contributed by atoms with Gasteiger partial charge in [-0.25, -0.2) is 29.3 Å². The molecule has 186 valence electrons. The van der Waals surface area contributed by atoms with Crippen LogP contribution < -0.4 is 10.6 Å². The van der Waals surface area contributed by atoms with Crippen LogP contribution in [0.15, 0.2) is 61.4 Å². The summed E-state index contributed by atoms with van der Waals surface area (Å²) >= 11 is 0. The Morgan fingerprint density at radius 3 is 2.65 bits per heavy atom. The lowest BCUT2D eigenvalue weighted by Crippen LogP contribution is -2.19. The Bertz CT molecular complexity index is 1630. The Labute approximate surface area is 206 Å². The van der Waals surface area contributed by atoms with E-state index in [2.05, 4.69) is 40.5 Å². The number of carbonyl (C=O) groups is 1. The second-order valence-electron chi connectivity index (χ2n) is 7.85. The van der Waals surface area contributed by atoms with Crippen molar-refractivity contribution in [3.8, 4) is 11.3 Å². The van der Waals surface area contributed by atoms with Crippen molar-refractivity contribution in [1.29, 1.82) is 0 Å². The van der Waals surface area contributed by atoms with Crippen LogP contribution >= 0.6 is 0 Å². The maximum absolute atomic E-state index is 14.4. The van der Waals surface area contributed by atoms with Gasteiger partial charge >= 0.3 is 6.18 Å². The van der Waals surface area contributed by atoms with E-state index in [0.717, 1.165) is 11.8 Å². The first-order chi connectivity index (χ1) is 17.7. The molecule has 37 heavy (non-hydrogen) atoms. The topological polar surface area (TPSA) is 121 Å². The number of benzene rings is 1. The number of nitrogens with one attached hydrogen (secondary N) is 3. The minimum absolute atomic E-state index is 0.201. The number of carbonyl (C=O) groups excluding carboxylic acids is 1. The van der Waals surface area contributed by atoms with Crippen molar-refractivity contribution >= 4 is 34.3 Å². The largest absolute Gasteiger partial charge is 0.419 e. The van der Waals surface area contributed by atoms with Crippen LogP contribution in [0.1, 0.15) is 21.6 Å². The number of pyridine rings is 2. The van der Waals surface area contributed by atoms with Crippen LogP contribution in [0.2, 0.25) is 0 Å². The fourth-order valence-electron chi connectivity index (χ4n) is 3.64. The van der Waals surface area contributed by atoms with E-state index in [1.165, 1.54) is 18.7 Å². The standard InChI is InChI=1S/C24H16F4N8O/c1-12-4-5-13(35-23(37)19-17(25)15(6-8-29-19)24(26,27)28)9-16(12)36-21-14(3-2-7-30-21)18-20-22(33-10-31-18)34-11-32-20/h2-11H,1H3,(H,30,36)(H,35,37)(H,31,32,33,34). The van der Waals surface area contributed by atoms with Gasteiger partial charge in [-0.3, -0.25) is 4.79 Å². The van der Waals surface area contributed by atoms with E-state index in [4.69, 9.17) is 0 Å². The molecule has 5 rings (SSSR count). The number of halogens is 4. The van der Waals surface area contributed by atoms with E-state index < -0.39 is 29.2 Å². The zero-order chi connectivity index (χ0) is 26.2. The summed E-state index contributed by atoms with van der Waals surface area (Å²) in [6.07, 6.45) is 0.243. The Hall–Kier alpha value is -4.94. The summed E-state index contributed by atoms with van der Waals surface area (Å²) in [5, 5.41) is 5.59. The first-order valence-electron chi connectivity index (χ1n) is 10.7. The second kappa shape index (κ2) is 9.26. The highest BCUT2D eigenvalue weighted by Crippen LogP contribution is 2.33. The quantitative estimate of drug-likeness (QED) is 0.277. The highest BCUT2D eigenvalue weighted by molar-refractivity contribution is 6.03. The van der Waals surface area contributed by atoms with Crippen LogP contribution in [0, 0.1) is 12.7 Å². The minimum Gasteiger partial charge on any atom is -0.341 e. The van der Waals surface area contributed by atoms with Gasteiger partial charge in [-0.1, -0.05) is 6.07 Å². The van der Waals surface area contributed by atoms with Crippen LogP contribution in [0.5, 0.6) is 0 Å². The van der Waals surface area contributed by atoms with Crippen LogP contribution in [0.25, 0.3) is 22.4 Å². The molecule has 0 unspecified atom stereocenters. The van der Waals surface area contributed by atoms with Crippen molar-refractivity contribution in [1.82, 2.24) is 29.9 Å². The third kappa shape index (κ3) is 4.66. The van der Waals surface area contributed by atoms with Crippen LogP contribution in [-0.2, 0) is 6.18 Å². The molecular formula is C24H16F4N8O. The third-order valence-corrected chi connectivity index (χ3v) is 5.44. The number of hydrogen-bond donors (Lipinski definition) is 3. The molecule has 0 aliphatic carbocycles. The van der Waals surface area contributed by atoms with Crippen molar-refractivity contribution in [3.63, 3.8) is 0 Å². The number of aryl methyl sites for hydroxylation is 1. The van der Waals surface area contributed by atoms with Crippen molar-refractivity contribution in [2.75, 3.05) is 10.6 Å². The molecule has 0 aliphatic heterocycles.